The largest absolute Gasteiger partial charge is 0.458 e. The first-order chi connectivity index (χ1) is 18.0. The van der Waals surface area contributed by atoms with Crippen LogP contribution in [-0.2, 0) is 23.7 Å². The van der Waals surface area contributed by atoms with Gasteiger partial charge in [-0.25, -0.2) is 4.79 Å². The smallest absolute Gasteiger partial charge is 0.331 e. The third-order valence-corrected chi connectivity index (χ3v) is 12.3. The summed E-state index contributed by atoms with van der Waals surface area (Å²) in [7, 11) is 1.49. The molecular formula is C30H46O8. The Kier molecular flexibility index (Phi) is 6.80. The number of ether oxygens (including phenoxy) is 4. The molecule has 5 fully saturated rings. The summed E-state index contributed by atoms with van der Waals surface area (Å²) in [5, 5.41) is 33.5. The maximum atomic E-state index is 12.4. The van der Waals surface area contributed by atoms with E-state index in [0.29, 0.717) is 18.4 Å². The first-order valence-electron chi connectivity index (χ1n) is 14.8. The minimum absolute atomic E-state index is 0.0103. The van der Waals surface area contributed by atoms with Crippen LogP contribution in [0.4, 0.5) is 0 Å². The van der Waals surface area contributed by atoms with Crippen molar-refractivity contribution >= 4 is 5.97 Å². The summed E-state index contributed by atoms with van der Waals surface area (Å²) in [6.07, 6.45) is 6.45. The molecule has 6 aliphatic rings. The van der Waals surface area contributed by atoms with Crippen LogP contribution in [0.25, 0.3) is 0 Å². The Morgan fingerprint density at radius 3 is 2.50 bits per heavy atom. The van der Waals surface area contributed by atoms with E-state index in [1.54, 1.807) is 13.0 Å². The van der Waals surface area contributed by atoms with Crippen LogP contribution in [-0.4, -0.2) is 77.4 Å². The molecule has 0 bridgehead atoms. The number of aliphatic hydroxyl groups excluding tert-OH is 2. The highest BCUT2D eigenvalue weighted by atomic mass is 16.7. The predicted octanol–water partition coefficient (Wildman–Crippen LogP) is 3.11. The number of carbonyl (C=O) groups is 1. The van der Waals surface area contributed by atoms with Gasteiger partial charge in [0.1, 0.15) is 24.9 Å². The summed E-state index contributed by atoms with van der Waals surface area (Å²) in [4.78, 5) is 11.8. The molecule has 0 aromatic rings. The van der Waals surface area contributed by atoms with Crippen LogP contribution in [0.2, 0.25) is 0 Å². The normalized spacial score (nSPS) is 54.5. The SMILES string of the molecule is CO[C@@H]1[C@@H](O)[C@H](C)O[C@@H](O[C@H]2CC[C@@]3(C)[C@@H](CC[C@H]4[C@H]3CC[C@]3(C)[C@H](C5=CC(=O)OC5)CC[C@]43O)C2)[C@@H]1O. The zero-order valence-electron chi connectivity index (χ0n) is 23.3. The van der Waals surface area contributed by atoms with Crippen molar-refractivity contribution in [1.82, 2.24) is 0 Å². The molecular weight excluding hydrogens is 488 g/mol. The van der Waals surface area contributed by atoms with Crippen molar-refractivity contribution in [3.8, 4) is 0 Å². The van der Waals surface area contributed by atoms with Gasteiger partial charge in [0, 0.05) is 18.6 Å². The minimum Gasteiger partial charge on any atom is -0.458 e. The van der Waals surface area contributed by atoms with Gasteiger partial charge in [-0.05, 0) is 99.4 Å². The van der Waals surface area contributed by atoms with E-state index in [2.05, 4.69) is 13.8 Å². The summed E-state index contributed by atoms with van der Waals surface area (Å²) in [5.41, 5.74) is 0.300. The first-order valence-corrected chi connectivity index (χ1v) is 14.8. The highest BCUT2D eigenvalue weighted by Crippen LogP contribution is 2.70. The van der Waals surface area contributed by atoms with E-state index in [9.17, 15) is 20.1 Å². The van der Waals surface area contributed by atoms with Gasteiger partial charge < -0.3 is 34.3 Å². The summed E-state index contributed by atoms with van der Waals surface area (Å²) in [6, 6.07) is 0. The number of hydrogen-bond donors (Lipinski definition) is 3. The number of cyclic esters (lactones) is 1. The lowest BCUT2D eigenvalue weighted by atomic mass is 9.43. The fraction of sp³-hybridized carbons (Fsp3) is 0.900. The number of hydrogen-bond acceptors (Lipinski definition) is 8. The molecule has 13 atom stereocenters. The molecule has 2 aliphatic heterocycles. The zero-order valence-corrected chi connectivity index (χ0v) is 23.3. The number of methoxy groups -OCH3 is 1. The van der Waals surface area contributed by atoms with Gasteiger partial charge >= 0.3 is 5.97 Å². The van der Waals surface area contributed by atoms with Gasteiger partial charge in [-0.2, -0.15) is 0 Å². The van der Waals surface area contributed by atoms with E-state index in [-0.39, 0.29) is 34.7 Å². The van der Waals surface area contributed by atoms with E-state index in [1.807, 2.05) is 0 Å². The zero-order chi connectivity index (χ0) is 27.0. The molecule has 0 amide bonds. The number of carbonyl (C=O) groups excluding carboxylic acids is 1. The second-order valence-electron chi connectivity index (χ2n) is 13.7. The molecule has 8 nitrogen and oxygen atoms in total. The third kappa shape index (κ3) is 3.88. The molecule has 0 unspecified atom stereocenters. The Morgan fingerprint density at radius 2 is 1.79 bits per heavy atom. The summed E-state index contributed by atoms with van der Waals surface area (Å²) < 4.78 is 22.8. The van der Waals surface area contributed by atoms with Crippen molar-refractivity contribution in [2.45, 2.75) is 121 Å². The Morgan fingerprint density at radius 1 is 1.00 bits per heavy atom. The van der Waals surface area contributed by atoms with E-state index < -0.39 is 36.3 Å². The van der Waals surface area contributed by atoms with Crippen molar-refractivity contribution < 1.29 is 39.1 Å². The highest BCUT2D eigenvalue weighted by molar-refractivity contribution is 5.85. The number of esters is 1. The lowest BCUT2D eigenvalue weighted by Crippen LogP contribution is -2.62. The van der Waals surface area contributed by atoms with E-state index in [0.717, 1.165) is 63.4 Å². The number of aliphatic hydroxyl groups is 3. The Labute approximate surface area is 226 Å². The average molecular weight is 535 g/mol. The fourth-order valence-corrected chi connectivity index (χ4v) is 10.1. The fourth-order valence-electron chi connectivity index (χ4n) is 10.1. The molecule has 0 aromatic heterocycles. The van der Waals surface area contributed by atoms with Crippen molar-refractivity contribution in [3.05, 3.63) is 11.6 Å². The maximum absolute atomic E-state index is 12.4. The van der Waals surface area contributed by atoms with Gasteiger partial charge in [0.15, 0.2) is 6.29 Å². The first kappa shape index (κ1) is 27.2. The molecule has 1 saturated heterocycles. The van der Waals surface area contributed by atoms with Crippen LogP contribution >= 0.6 is 0 Å². The highest BCUT2D eigenvalue weighted by Gasteiger charge is 2.67. The van der Waals surface area contributed by atoms with E-state index >= 15 is 0 Å². The molecule has 8 heteroatoms. The van der Waals surface area contributed by atoms with Gasteiger partial charge in [-0.15, -0.1) is 0 Å². The average Bonchev–Trinajstić information content (AvgIpc) is 3.43. The molecule has 214 valence electrons. The molecule has 3 N–H and O–H groups in total. The van der Waals surface area contributed by atoms with Gasteiger partial charge in [0.25, 0.3) is 0 Å². The minimum atomic E-state index is -1.04. The lowest BCUT2D eigenvalue weighted by Gasteiger charge is -2.64. The Bertz CT molecular complexity index is 968. The number of fused-ring (bicyclic) bond motifs is 5. The quantitative estimate of drug-likeness (QED) is 0.372. The Balaban J connectivity index is 1.16. The van der Waals surface area contributed by atoms with Gasteiger partial charge in [0.05, 0.1) is 17.8 Å². The van der Waals surface area contributed by atoms with Crippen LogP contribution in [0.15, 0.2) is 11.6 Å². The molecule has 4 aliphatic carbocycles. The number of rotatable bonds is 4. The molecule has 2 heterocycles. The second-order valence-corrected chi connectivity index (χ2v) is 13.7. The molecule has 4 saturated carbocycles. The second kappa shape index (κ2) is 9.52. The standard InChI is InChI=1S/C30H46O8/c1-16-24(32)26(35-4)25(33)27(37-16)38-19-7-10-28(2)18(14-19)5-6-22-21(28)8-11-29(3)20(9-12-30(22,29)34)17-13-23(31)36-15-17/h13,16,18-22,24-27,32-34H,5-12,14-15H2,1-4H3/t16-,18-,19-,20-,21+,22-,24-,25+,26+,27-,28-,29+,30-/m0/s1. The van der Waals surface area contributed by atoms with Crippen LogP contribution in [0.1, 0.15) is 78.6 Å². The van der Waals surface area contributed by atoms with Crippen molar-refractivity contribution in [2.24, 2.45) is 34.5 Å². The van der Waals surface area contributed by atoms with Gasteiger partial charge in [0.2, 0.25) is 0 Å². The van der Waals surface area contributed by atoms with Crippen LogP contribution in [0.3, 0.4) is 0 Å². The summed E-state index contributed by atoms with van der Waals surface area (Å²) >= 11 is 0. The summed E-state index contributed by atoms with van der Waals surface area (Å²) in [5.74, 6) is 1.22. The molecule has 6 rings (SSSR count). The van der Waals surface area contributed by atoms with Crippen molar-refractivity contribution in [2.75, 3.05) is 13.7 Å². The predicted molar refractivity (Wildman–Crippen MR) is 138 cm³/mol. The van der Waals surface area contributed by atoms with Crippen LogP contribution in [0, 0.1) is 34.5 Å². The van der Waals surface area contributed by atoms with Crippen molar-refractivity contribution in [3.63, 3.8) is 0 Å². The molecule has 0 spiro atoms. The monoisotopic (exact) mass is 534 g/mol. The van der Waals surface area contributed by atoms with E-state index in [1.165, 1.54) is 7.11 Å². The topological polar surface area (TPSA) is 115 Å². The Hall–Kier alpha value is -1.03. The lowest BCUT2D eigenvalue weighted by molar-refractivity contribution is -0.313. The molecule has 0 aromatic carbocycles. The maximum Gasteiger partial charge on any atom is 0.331 e. The van der Waals surface area contributed by atoms with Crippen molar-refractivity contribution in [1.29, 1.82) is 0 Å². The van der Waals surface area contributed by atoms with Crippen LogP contribution in [0.5, 0.6) is 0 Å². The van der Waals surface area contributed by atoms with Crippen LogP contribution < -0.4 is 0 Å². The molecule has 38 heavy (non-hydrogen) atoms. The van der Waals surface area contributed by atoms with E-state index in [4.69, 9.17) is 18.9 Å². The van der Waals surface area contributed by atoms with Gasteiger partial charge in [-0.3, -0.25) is 0 Å². The summed E-state index contributed by atoms with van der Waals surface area (Å²) in [6.45, 7) is 6.87. The van der Waals surface area contributed by atoms with Gasteiger partial charge in [-0.1, -0.05) is 13.8 Å². The molecule has 0 radical (unpaired) electrons. The third-order valence-electron chi connectivity index (χ3n) is 12.3.